The van der Waals surface area contributed by atoms with Crippen molar-refractivity contribution >= 4 is 17.3 Å². The lowest BCUT2D eigenvalue weighted by Crippen LogP contribution is -2.51. The van der Waals surface area contributed by atoms with E-state index in [0.717, 1.165) is 70.1 Å². The van der Waals surface area contributed by atoms with Crippen LogP contribution in [0, 0.1) is 29.9 Å². The zero-order chi connectivity index (χ0) is 25.9. The molecule has 2 fully saturated rings. The molecule has 5 rings (SSSR count). The highest BCUT2D eigenvalue weighted by Gasteiger charge is 2.26. The number of anilines is 2. The molecule has 3 aromatic rings. The van der Waals surface area contributed by atoms with Gasteiger partial charge in [0.1, 0.15) is 6.07 Å². The summed E-state index contributed by atoms with van der Waals surface area (Å²) in [6.07, 6.45) is 3.51. The predicted molar refractivity (Wildman–Crippen MR) is 139 cm³/mol. The fraction of sp³-hybridized carbons (Fsp3) is 0.370. The minimum absolute atomic E-state index is 0. The summed E-state index contributed by atoms with van der Waals surface area (Å²) < 4.78 is 33.8. The molecule has 1 amide bonds. The molecule has 200 valence electrons. The van der Waals surface area contributed by atoms with Crippen molar-refractivity contribution in [2.75, 3.05) is 49.6 Å². The average Bonchev–Trinajstić information content (AvgIpc) is 3.32. The van der Waals surface area contributed by atoms with E-state index in [1.165, 1.54) is 16.9 Å². The van der Waals surface area contributed by atoms with Gasteiger partial charge in [-0.1, -0.05) is 0 Å². The number of rotatable bonds is 5. The van der Waals surface area contributed by atoms with Crippen LogP contribution in [0.15, 0.2) is 42.6 Å². The summed E-state index contributed by atoms with van der Waals surface area (Å²) in [7, 11) is 0. The number of nitrogens with zero attached hydrogens (tertiary/aromatic N) is 5. The molecule has 2 aliphatic rings. The molecule has 0 radical (unpaired) electrons. The third kappa shape index (κ3) is 5.52. The third-order valence-electron chi connectivity index (χ3n) is 7.14. The molecule has 2 aliphatic heterocycles. The lowest BCUT2D eigenvalue weighted by Gasteiger charge is -2.41. The molecule has 0 unspecified atom stereocenters. The van der Waals surface area contributed by atoms with Gasteiger partial charge < -0.3 is 20.4 Å². The Hall–Kier alpha value is -3.85. The summed E-state index contributed by atoms with van der Waals surface area (Å²) in [5, 5.41) is 16.8. The van der Waals surface area contributed by atoms with Crippen LogP contribution in [0.4, 0.5) is 20.2 Å². The Balaban J connectivity index is 0.00000336. The van der Waals surface area contributed by atoms with E-state index in [1.54, 1.807) is 19.1 Å². The monoisotopic (exact) mass is 524 g/mol. The molecule has 9 nitrogen and oxygen atoms in total. The molecule has 3 N–H and O–H groups in total. The number of nitrogens with one attached hydrogen (secondary N) is 1. The zero-order valence-electron chi connectivity index (χ0n) is 21.1. The summed E-state index contributed by atoms with van der Waals surface area (Å²) in [6.45, 7) is 6.86. The van der Waals surface area contributed by atoms with Crippen LogP contribution in [-0.2, 0) is 4.74 Å². The van der Waals surface area contributed by atoms with Gasteiger partial charge in [0.15, 0.2) is 11.6 Å². The highest BCUT2D eigenvalue weighted by atomic mass is 19.2. The first-order valence-corrected chi connectivity index (χ1v) is 12.4. The molecule has 0 spiro atoms. The molecule has 38 heavy (non-hydrogen) atoms. The second-order valence-corrected chi connectivity index (χ2v) is 9.32. The minimum atomic E-state index is -0.993. The molecule has 2 aromatic carbocycles. The van der Waals surface area contributed by atoms with Gasteiger partial charge in [0.25, 0.3) is 5.91 Å². The number of benzene rings is 2. The number of carbonyl (C=O) groups excluding carboxylic acids is 1. The van der Waals surface area contributed by atoms with E-state index >= 15 is 0 Å². The number of ether oxygens (including phenoxy) is 1. The minimum Gasteiger partial charge on any atom is -0.412 e. The van der Waals surface area contributed by atoms with Gasteiger partial charge in [-0.15, -0.1) is 0 Å². The first-order valence-electron chi connectivity index (χ1n) is 12.4. The standard InChI is InChI=1S/C27H28F2N6O2.H2O/c1-18-23(17-31-35(18)22-3-4-24(28)25(29)15-22)27(36)32-20-2-5-26(19(14-20)16-30)34-10-8-33(9-11-34)21-6-12-37-13-7-21;/h2-5,14-15,17,21H,6-13H2,1H3,(H,32,36);1H2. The van der Waals surface area contributed by atoms with Gasteiger partial charge in [-0.3, -0.25) is 9.69 Å². The van der Waals surface area contributed by atoms with Crippen molar-refractivity contribution in [1.29, 1.82) is 5.26 Å². The Morgan fingerprint density at radius 2 is 1.82 bits per heavy atom. The molecular weight excluding hydrogens is 494 g/mol. The van der Waals surface area contributed by atoms with Crippen LogP contribution in [0.3, 0.4) is 0 Å². The maximum atomic E-state index is 13.7. The molecule has 0 atom stereocenters. The first-order chi connectivity index (χ1) is 17.9. The summed E-state index contributed by atoms with van der Waals surface area (Å²) >= 11 is 0. The Morgan fingerprint density at radius 3 is 2.50 bits per heavy atom. The maximum Gasteiger partial charge on any atom is 0.259 e. The van der Waals surface area contributed by atoms with Gasteiger partial charge in [0.2, 0.25) is 0 Å². The molecule has 3 heterocycles. The van der Waals surface area contributed by atoms with Crippen molar-refractivity contribution in [2.45, 2.75) is 25.8 Å². The van der Waals surface area contributed by atoms with Crippen molar-refractivity contribution in [2.24, 2.45) is 0 Å². The number of hydrogen-bond donors (Lipinski definition) is 1. The van der Waals surface area contributed by atoms with Gasteiger partial charge >= 0.3 is 0 Å². The van der Waals surface area contributed by atoms with Crippen LogP contribution in [0.2, 0.25) is 0 Å². The summed E-state index contributed by atoms with van der Waals surface area (Å²) in [5.41, 5.74) is 2.91. The second kappa shape index (κ2) is 11.7. The quantitative estimate of drug-likeness (QED) is 0.548. The smallest absolute Gasteiger partial charge is 0.259 e. The van der Waals surface area contributed by atoms with Crippen LogP contribution >= 0.6 is 0 Å². The average molecular weight is 525 g/mol. The van der Waals surface area contributed by atoms with Crippen LogP contribution in [0.25, 0.3) is 5.69 Å². The highest BCUT2D eigenvalue weighted by molar-refractivity contribution is 6.05. The van der Waals surface area contributed by atoms with Gasteiger partial charge in [-0.2, -0.15) is 10.4 Å². The van der Waals surface area contributed by atoms with Crippen LogP contribution in [0.5, 0.6) is 0 Å². The number of aromatic nitrogens is 2. The lowest BCUT2D eigenvalue weighted by atomic mass is 10.1. The van der Waals surface area contributed by atoms with Crippen LogP contribution in [0.1, 0.15) is 34.5 Å². The van der Waals surface area contributed by atoms with Crippen molar-refractivity contribution < 1.29 is 23.8 Å². The van der Waals surface area contributed by atoms with Gasteiger partial charge in [-0.05, 0) is 50.1 Å². The van der Waals surface area contributed by atoms with E-state index in [2.05, 4.69) is 26.3 Å². The number of halogens is 2. The fourth-order valence-corrected chi connectivity index (χ4v) is 5.07. The van der Waals surface area contributed by atoms with E-state index in [1.807, 2.05) is 6.07 Å². The topological polar surface area (TPSA) is 118 Å². The molecule has 0 bridgehead atoms. The van der Waals surface area contributed by atoms with Gasteiger partial charge in [0.05, 0.1) is 34.4 Å². The number of nitriles is 1. The van der Waals surface area contributed by atoms with Crippen LogP contribution in [-0.4, -0.2) is 71.5 Å². The Kier molecular flexibility index (Phi) is 8.36. The molecular formula is C27H30F2N6O3. The molecule has 1 aromatic heterocycles. The molecule has 0 saturated carbocycles. The van der Waals surface area contributed by atoms with Crippen molar-refractivity contribution in [3.8, 4) is 11.8 Å². The van der Waals surface area contributed by atoms with E-state index in [4.69, 9.17) is 4.74 Å². The zero-order valence-corrected chi connectivity index (χ0v) is 21.1. The maximum absolute atomic E-state index is 13.7. The first kappa shape index (κ1) is 27.2. The number of carbonyl (C=O) groups is 1. The number of piperazine rings is 1. The summed E-state index contributed by atoms with van der Waals surface area (Å²) in [6, 6.07) is 11.6. The third-order valence-corrected chi connectivity index (χ3v) is 7.14. The van der Waals surface area contributed by atoms with E-state index < -0.39 is 17.5 Å². The van der Waals surface area contributed by atoms with Crippen molar-refractivity contribution in [1.82, 2.24) is 14.7 Å². The highest BCUT2D eigenvalue weighted by Crippen LogP contribution is 2.27. The van der Waals surface area contributed by atoms with Crippen LogP contribution < -0.4 is 10.2 Å². The normalized spacial score (nSPS) is 16.5. The Bertz CT molecular complexity index is 1340. The second-order valence-electron chi connectivity index (χ2n) is 9.32. The van der Waals surface area contributed by atoms with Gasteiger partial charge in [-0.25, -0.2) is 13.5 Å². The summed E-state index contributed by atoms with van der Waals surface area (Å²) in [5.74, 6) is -2.36. The van der Waals surface area contributed by atoms with Crippen molar-refractivity contribution in [3.63, 3.8) is 0 Å². The van der Waals surface area contributed by atoms with Gasteiger partial charge in [0, 0.05) is 57.2 Å². The number of amides is 1. The Morgan fingerprint density at radius 1 is 1.08 bits per heavy atom. The van der Waals surface area contributed by atoms with E-state index in [0.29, 0.717) is 28.7 Å². The molecule has 11 heteroatoms. The van der Waals surface area contributed by atoms with Crippen molar-refractivity contribution in [3.05, 3.63) is 71.1 Å². The molecule has 0 aliphatic carbocycles. The predicted octanol–water partition coefficient (Wildman–Crippen LogP) is 3.06. The lowest BCUT2D eigenvalue weighted by molar-refractivity contribution is 0.0321. The largest absolute Gasteiger partial charge is 0.412 e. The summed E-state index contributed by atoms with van der Waals surface area (Å²) in [4.78, 5) is 17.7. The SMILES string of the molecule is Cc1c(C(=O)Nc2ccc(N3CCN(C4CCOCC4)CC3)c(C#N)c2)cnn1-c1ccc(F)c(F)c1.O. The van der Waals surface area contributed by atoms with E-state index in [9.17, 15) is 18.8 Å². The Labute approximate surface area is 219 Å². The number of hydrogen-bond acceptors (Lipinski definition) is 6. The van der Waals surface area contributed by atoms with E-state index in [-0.39, 0.29) is 11.0 Å². The fourth-order valence-electron chi connectivity index (χ4n) is 5.07. The molecule has 2 saturated heterocycles.